The fourth-order valence-corrected chi connectivity index (χ4v) is 1.77. The minimum Gasteiger partial charge on any atom is -0.375 e. The van der Waals surface area contributed by atoms with Gasteiger partial charge in [-0.1, -0.05) is 13.8 Å². The summed E-state index contributed by atoms with van der Waals surface area (Å²) < 4.78 is 5.94. The molecule has 2 nitrogen and oxygen atoms in total. The van der Waals surface area contributed by atoms with Gasteiger partial charge in [0.15, 0.2) is 0 Å². The molecule has 1 saturated carbocycles. The first-order chi connectivity index (χ1) is 6.09. The van der Waals surface area contributed by atoms with Gasteiger partial charge in [0, 0.05) is 6.04 Å². The van der Waals surface area contributed by atoms with Crippen LogP contribution < -0.4 is 5.73 Å². The van der Waals surface area contributed by atoms with Gasteiger partial charge >= 0.3 is 0 Å². The Morgan fingerprint density at radius 2 is 1.92 bits per heavy atom. The minimum atomic E-state index is 0.371. The topological polar surface area (TPSA) is 35.2 Å². The molecule has 2 heteroatoms. The Morgan fingerprint density at radius 1 is 1.23 bits per heavy atom. The Hall–Kier alpha value is -0.0800. The summed E-state index contributed by atoms with van der Waals surface area (Å²) in [4.78, 5) is 0. The summed E-state index contributed by atoms with van der Waals surface area (Å²) in [6.45, 7) is 6.56. The first kappa shape index (κ1) is 11.0. The first-order valence-electron chi connectivity index (χ1n) is 5.50. The molecule has 0 bridgehead atoms. The summed E-state index contributed by atoms with van der Waals surface area (Å²) in [5, 5.41) is 0. The SMILES string of the molecule is CC(C)C(C)OC1CCCC(N)C1. The fourth-order valence-electron chi connectivity index (χ4n) is 1.77. The van der Waals surface area contributed by atoms with E-state index in [-0.39, 0.29) is 0 Å². The lowest BCUT2D eigenvalue weighted by molar-refractivity contribution is -0.0439. The maximum Gasteiger partial charge on any atom is 0.0593 e. The summed E-state index contributed by atoms with van der Waals surface area (Å²) in [7, 11) is 0. The molecule has 1 aliphatic carbocycles. The van der Waals surface area contributed by atoms with Crippen LogP contribution in [-0.4, -0.2) is 18.2 Å². The summed E-state index contributed by atoms with van der Waals surface area (Å²) in [6, 6.07) is 0.373. The molecule has 0 saturated heterocycles. The highest BCUT2D eigenvalue weighted by Gasteiger charge is 2.22. The van der Waals surface area contributed by atoms with Gasteiger partial charge in [0.2, 0.25) is 0 Å². The summed E-state index contributed by atoms with van der Waals surface area (Å²) in [5.74, 6) is 0.609. The van der Waals surface area contributed by atoms with Crippen LogP contribution in [0.3, 0.4) is 0 Å². The number of hydrogen-bond acceptors (Lipinski definition) is 2. The van der Waals surface area contributed by atoms with E-state index < -0.39 is 0 Å². The number of rotatable bonds is 3. The van der Waals surface area contributed by atoms with E-state index >= 15 is 0 Å². The predicted molar refractivity (Wildman–Crippen MR) is 55.6 cm³/mol. The number of hydrogen-bond donors (Lipinski definition) is 1. The van der Waals surface area contributed by atoms with E-state index in [1.54, 1.807) is 0 Å². The van der Waals surface area contributed by atoms with Crippen molar-refractivity contribution in [3.63, 3.8) is 0 Å². The molecule has 0 radical (unpaired) electrons. The molecular formula is C11H23NO. The van der Waals surface area contributed by atoms with E-state index in [9.17, 15) is 0 Å². The zero-order valence-corrected chi connectivity index (χ0v) is 9.12. The quantitative estimate of drug-likeness (QED) is 0.732. The molecule has 78 valence electrons. The normalized spacial score (nSPS) is 32.1. The van der Waals surface area contributed by atoms with Crippen molar-refractivity contribution in [3.8, 4) is 0 Å². The van der Waals surface area contributed by atoms with Gasteiger partial charge in [0.05, 0.1) is 12.2 Å². The van der Waals surface area contributed by atoms with E-state index in [1.807, 2.05) is 0 Å². The van der Waals surface area contributed by atoms with E-state index in [2.05, 4.69) is 20.8 Å². The molecule has 13 heavy (non-hydrogen) atoms. The van der Waals surface area contributed by atoms with Crippen LogP contribution in [0, 0.1) is 5.92 Å². The van der Waals surface area contributed by atoms with Gasteiger partial charge in [-0.25, -0.2) is 0 Å². The molecule has 2 N–H and O–H groups in total. The number of nitrogens with two attached hydrogens (primary N) is 1. The zero-order valence-electron chi connectivity index (χ0n) is 9.12. The van der Waals surface area contributed by atoms with Crippen LogP contribution in [0.15, 0.2) is 0 Å². The lowest BCUT2D eigenvalue weighted by Gasteiger charge is -2.30. The van der Waals surface area contributed by atoms with Gasteiger partial charge in [-0.3, -0.25) is 0 Å². The zero-order chi connectivity index (χ0) is 9.84. The van der Waals surface area contributed by atoms with E-state index in [1.165, 1.54) is 19.3 Å². The molecule has 0 aromatic rings. The third-order valence-electron chi connectivity index (χ3n) is 3.01. The second kappa shape index (κ2) is 4.97. The van der Waals surface area contributed by atoms with Crippen LogP contribution in [0.4, 0.5) is 0 Å². The smallest absolute Gasteiger partial charge is 0.0593 e. The summed E-state index contributed by atoms with van der Waals surface area (Å²) in [5.41, 5.74) is 5.90. The molecule has 3 atom stereocenters. The van der Waals surface area contributed by atoms with Gasteiger partial charge in [0.25, 0.3) is 0 Å². The monoisotopic (exact) mass is 185 g/mol. The standard InChI is InChI=1S/C11H23NO/c1-8(2)9(3)13-11-6-4-5-10(12)7-11/h8-11H,4-7,12H2,1-3H3. The Bertz CT molecular complexity index is 147. The van der Waals surface area contributed by atoms with Crippen LogP contribution in [-0.2, 0) is 4.74 Å². The highest BCUT2D eigenvalue weighted by Crippen LogP contribution is 2.22. The molecule has 3 unspecified atom stereocenters. The van der Waals surface area contributed by atoms with Crippen molar-refractivity contribution in [2.45, 2.75) is 64.7 Å². The third-order valence-corrected chi connectivity index (χ3v) is 3.01. The Kier molecular flexibility index (Phi) is 4.20. The Morgan fingerprint density at radius 3 is 2.46 bits per heavy atom. The van der Waals surface area contributed by atoms with Crippen molar-refractivity contribution < 1.29 is 4.74 Å². The second-order valence-electron chi connectivity index (χ2n) is 4.63. The van der Waals surface area contributed by atoms with E-state index in [0.29, 0.717) is 24.2 Å². The second-order valence-corrected chi connectivity index (χ2v) is 4.63. The Labute approximate surface area is 81.8 Å². The van der Waals surface area contributed by atoms with Crippen molar-refractivity contribution >= 4 is 0 Å². The molecule has 1 rings (SSSR count). The van der Waals surface area contributed by atoms with Crippen molar-refractivity contribution in [3.05, 3.63) is 0 Å². The maximum absolute atomic E-state index is 5.94. The van der Waals surface area contributed by atoms with Crippen molar-refractivity contribution in [2.24, 2.45) is 11.7 Å². The molecular weight excluding hydrogens is 162 g/mol. The number of ether oxygens (including phenoxy) is 1. The predicted octanol–water partition coefficient (Wildman–Crippen LogP) is 2.32. The highest BCUT2D eigenvalue weighted by atomic mass is 16.5. The van der Waals surface area contributed by atoms with Gasteiger partial charge < -0.3 is 10.5 Å². The molecule has 1 fully saturated rings. The molecule has 0 aromatic carbocycles. The van der Waals surface area contributed by atoms with Crippen LogP contribution in [0.2, 0.25) is 0 Å². The average molecular weight is 185 g/mol. The van der Waals surface area contributed by atoms with Crippen LogP contribution in [0.1, 0.15) is 46.5 Å². The molecule has 0 amide bonds. The van der Waals surface area contributed by atoms with Crippen molar-refractivity contribution in [1.29, 1.82) is 0 Å². The summed E-state index contributed by atoms with van der Waals surface area (Å²) >= 11 is 0. The van der Waals surface area contributed by atoms with Gasteiger partial charge in [0.1, 0.15) is 0 Å². The largest absolute Gasteiger partial charge is 0.375 e. The highest BCUT2D eigenvalue weighted by molar-refractivity contribution is 4.76. The fraction of sp³-hybridized carbons (Fsp3) is 1.00. The lowest BCUT2D eigenvalue weighted by atomic mass is 9.93. The minimum absolute atomic E-state index is 0.371. The van der Waals surface area contributed by atoms with Gasteiger partial charge in [-0.05, 0) is 38.5 Å². The van der Waals surface area contributed by atoms with Gasteiger partial charge in [-0.2, -0.15) is 0 Å². The summed E-state index contributed by atoms with van der Waals surface area (Å²) in [6.07, 6.45) is 5.45. The molecule has 0 spiro atoms. The molecule has 0 aromatic heterocycles. The van der Waals surface area contributed by atoms with E-state index in [4.69, 9.17) is 10.5 Å². The van der Waals surface area contributed by atoms with Crippen LogP contribution in [0.5, 0.6) is 0 Å². The Balaban J connectivity index is 2.27. The third kappa shape index (κ3) is 3.65. The van der Waals surface area contributed by atoms with Crippen molar-refractivity contribution in [1.82, 2.24) is 0 Å². The first-order valence-corrected chi connectivity index (χ1v) is 5.50. The maximum atomic E-state index is 5.94. The molecule has 1 aliphatic rings. The average Bonchev–Trinajstić information content (AvgIpc) is 2.04. The van der Waals surface area contributed by atoms with Gasteiger partial charge in [-0.15, -0.1) is 0 Å². The van der Waals surface area contributed by atoms with Crippen molar-refractivity contribution in [2.75, 3.05) is 0 Å². The lowest BCUT2D eigenvalue weighted by Crippen LogP contribution is -2.34. The van der Waals surface area contributed by atoms with Crippen LogP contribution in [0.25, 0.3) is 0 Å². The molecule has 0 aliphatic heterocycles. The van der Waals surface area contributed by atoms with E-state index in [0.717, 1.165) is 6.42 Å². The van der Waals surface area contributed by atoms with Crippen LogP contribution >= 0.6 is 0 Å². The molecule has 0 heterocycles.